The Morgan fingerprint density at radius 2 is 2.00 bits per heavy atom. The molecule has 0 aliphatic carbocycles. The zero-order chi connectivity index (χ0) is 8.85. The van der Waals surface area contributed by atoms with Crippen molar-refractivity contribution in [3.63, 3.8) is 0 Å². The summed E-state index contributed by atoms with van der Waals surface area (Å²) in [6.07, 6.45) is 0.946. The van der Waals surface area contributed by atoms with Crippen molar-refractivity contribution in [1.82, 2.24) is 4.90 Å². The minimum atomic E-state index is -0.315. The van der Waals surface area contributed by atoms with Crippen molar-refractivity contribution in [2.24, 2.45) is 0 Å². The van der Waals surface area contributed by atoms with Crippen molar-refractivity contribution in [3.8, 4) is 0 Å². The van der Waals surface area contributed by atoms with Crippen LogP contribution in [0.25, 0.3) is 0 Å². The number of amides is 2. The predicted octanol–water partition coefficient (Wildman–Crippen LogP) is -0.0296. The first-order valence-electron chi connectivity index (χ1n) is 3.30. The summed E-state index contributed by atoms with van der Waals surface area (Å²) in [5.74, 6) is -0.620. The van der Waals surface area contributed by atoms with E-state index in [9.17, 15) is 14.4 Å². The van der Waals surface area contributed by atoms with Gasteiger partial charge in [0.1, 0.15) is 6.29 Å². The molecule has 4 heteroatoms. The zero-order valence-corrected chi connectivity index (χ0v) is 6.66. The molecule has 0 heterocycles. The highest BCUT2D eigenvalue weighted by Crippen LogP contribution is 1.93. The predicted molar refractivity (Wildman–Crippen MR) is 38.7 cm³/mol. The van der Waals surface area contributed by atoms with Gasteiger partial charge in [-0.05, 0) is 0 Å². The second kappa shape index (κ2) is 4.60. The lowest BCUT2D eigenvalue weighted by Crippen LogP contribution is -2.30. The minimum Gasteiger partial charge on any atom is -0.303 e. The number of carbonyl (C=O) groups is 3. The molecular formula is C7H11NO3. The Bertz CT molecular complexity index is 177. The Balaban J connectivity index is 3.82. The first-order chi connectivity index (χ1) is 5.09. The standard InChI is InChI=1S/C7H11NO3/c1-6(10)8(2)7(11)4-3-5-9/h5H,3-4H2,1-2H3. The summed E-state index contributed by atoms with van der Waals surface area (Å²) in [5, 5.41) is 0. The van der Waals surface area contributed by atoms with Crippen LogP contribution in [0.1, 0.15) is 19.8 Å². The summed E-state index contributed by atoms with van der Waals surface area (Å²) in [6, 6.07) is 0. The van der Waals surface area contributed by atoms with Crippen molar-refractivity contribution in [1.29, 1.82) is 0 Å². The number of rotatable bonds is 3. The van der Waals surface area contributed by atoms with Crippen LogP contribution in [0.4, 0.5) is 0 Å². The molecule has 0 unspecified atom stereocenters. The Labute approximate surface area is 65.2 Å². The smallest absolute Gasteiger partial charge is 0.229 e. The second-order valence-corrected chi connectivity index (χ2v) is 2.18. The molecule has 0 saturated carbocycles. The molecule has 0 bridgehead atoms. The van der Waals surface area contributed by atoms with Crippen molar-refractivity contribution < 1.29 is 14.4 Å². The first-order valence-corrected chi connectivity index (χ1v) is 3.30. The molecule has 11 heavy (non-hydrogen) atoms. The molecule has 0 aromatic heterocycles. The highest BCUT2D eigenvalue weighted by atomic mass is 16.2. The molecule has 4 nitrogen and oxygen atoms in total. The zero-order valence-electron chi connectivity index (χ0n) is 6.66. The van der Waals surface area contributed by atoms with Crippen LogP contribution in [0.15, 0.2) is 0 Å². The summed E-state index contributed by atoms with van der Waals surface area (Å²) in [7, 11) is 1.40. The van der Waals surface area contributed by atoms with E-state index in [2.05, 4.69) is 0 Å². The van der Waals surface area contributed by atoms with Crippen LogP contribution in [-0.4, -0.2) is 30.0 Å². The fourth-order valence-electron chi connectivity index (χ4n) is 0.526. The molecule has 62 valence electrons. The van der Waals surface area contributed by atoms with Gasteiger partial charge in [0.05, 0.1) is 0 Å². The topological polar surface area (TPSA) is 54.5 Å². The van der Waals surface area contributed by atoms with Gasteiger partial charge < -0.3 is 4.79 Å². The number of imide groups is 1. The summed E-state index contributed by atoms with van der Waals surface area (Å²) >= 11 is 0. The van der Waals surface area contributed by atoms with Gasteiger partial charge in [-0.15, -0.1) is 0 Å². The van der Waals surface area contributed by atoms with E-state index in [1.807, 2.05) is 0 Å². The van der Waals surface area contributed by atoms with Crippen LogP contribution in [0, 0.1) is 0 Å². The maximum absolute atomic E-state index is 10.9. The van der Waals surface area contributed by atoms with Gasteiger partial charge in [0, 0.05) is 26.8 Å². The average molecular weight is 157 g/mol. The van der Waals surface area contributed by atoms with Crippen molar-refractivity contribution in [2.75, 3.05) is 7.05 Å². The van der Waals surface area contributed by atoms with Crippen LogP contribution in [0.3, 0.4) is 0 Å². The molecule has 0 fully saturated rings. The lowest BCUT2D eigenvalue weighted by atomic mass is 10.3. The fraction of sp³-hybridized carbons (Fsp3) is 0.571. The van der Waals surface area contributed by atoms with Crippen LogP contribution in [0.2, 0.25) is 0 Å². The van der Waals surface area contributed by atoms with E-state index in [0.29, 0.717) is 6.29 Å². The van der Waals surface area contributed by atoms with Gasteiger partial charge in [-0.2, -0.15) is 0 Å². The summed E-state index contributed by atoms with van der Waals surface area (Å²) in [4.78, 5) is 32.3. The Hall–Kier alpha value is -1.19. The van der Waals surface area contributed by atoms with E-state index in [-0.39, 0.29) is 24.7 Å². The van der Waals surface area contributed by atoms with Crippen LogP contribution < -0.4 is 0 Å². The molecule has 0 atom stereocenters. The van der Waals surface area contributed by atoms with Gasteiger partial charge in [-0.3, -0.25) is 14.5 Å². The van der Waals surface area contributed by atoms with Gasteiger partial charge in [0.15, 0.2) is 0 Å². The number of carbonyl (C=O) groups excluding carboxylic acids is 3. The minimum absolute atomic E-state index is 0.111. The monoisotopic (exact) mass is 157 g/mol. The van der Waals surface area contributed by atoms with Crippen LogP contribution in [0.5, 0.6) is 0 Å². The average Bonchev–Trinajstić information content (AvgIpc) is 1.98. The summed E-state index contributed by atoms with van der Waals surface area (Å²) in [6.45, 7) is 1.30. The fourth-order valence-corrected chi connectivity index (χ4v) is 0.526. The maximum atomic E-state index is 10.9. The van der Waals surface area contributed by atoms with Gasteiger partial charge in [-0.25, -0.2) is 0 Å². The Morgan fingerprint density at radius 3 is 2.36 bits per heavy atom. The summed E-state index contributed by atoms with van der Waals surface area (Å²) < 4.78 is 0. The quantitative estimate of drug-likeness (QED) is 0.540. The molecule has 2 amide bonds. The first kappa shape index (κ1) is 9.81. The van der Waals surface area contributed by atoms with Crippen LogP contribution in [-0.2, 0) is 14.4 Å². The number of nitrogens with zero attached hydrogens (tertiary/aromatic N) is 1. The van der Waals surface area contributed by atoms with Crippen molar-refractivity contribution in [3.05, 3.63) is 0 Å². The van der Waals surface area contributed by atoms with E-state index in [1.54, 1.807) is 0 Å². The van der Waals surface area contributed by atoms with Gasteiger partial charge in [0.2, 0.25) is 11.8 Å². The maximum Gasteiger partial charge on any atom is 0.229 e. The van der Waals surface area contributed by atoms with E-state index < -0.39 is 0 Å². The normalized spacial score (nSPS) is 8.91. The third-order valence-corrected chi connectivity index (χ3v) is 1.32. The van der Waals surface area contributed by atoms with Gasteiger partial charge in [-0.1, -0.05) is 0 Å². The second-order valence-electron chi connectivity index (χ2n) is 2.18. The molecule has 0 aromatic carbocycles. The highest BCUT2D eigenvalue weighted by Gasteiger charge is 2.10. The third kappa shape index (κ3) is 3.50. The molecule has 0 aromatic rings. The number of hydrogen-bond donors (Lipinski definition) is 0. The molecule has 0 N–H and O–H groups in total. The molecule has 0 spiro atoms. The molecule has 0 saturated heterocycles. The van der Waals surface area contributed by atoms with Crippen molar-refractivity contribution >= 4 is 18.1 Å². The number of hydrogen-bond acceptors (Lipinski definition) is 3. The lowest BCUT2D eigenvalue weighted by molar-refractivity contribution is -0.142. The van der Waals surface area contributed by atoms with Crippen molar-refractivity contribution in [2.45, 2.75) is 19.8 Å². The van der Waals surface area contributed by atoms with Gasteiger partial charge in [0.25, 0.3) is 0 Å². The molecule has 0 rings (SSSR count). The van der Waals surface area contributed by atoms with E-state index >= 15 is 0 Å². The number of aldehydes is 1. The van der Waals surface area contributed by atoms with Crippen LogP contribution >= 0.6 is 0 Å². The van der Waals surface area contributed by atoms with Gasteiger partial charge >= 0.3 is 0 Å². The highest BCUT2D eigenvalue weighted by molar-refractivity contribution is 5.94. The summed E-state index contributed by atoms with van der Waals surface area (Å²) in [5.41, 5.74) is 0. The molecular weight excluding hydrogens is 146 g/mol. The van der Waals surface area contributed by atoms with E-state index in [0.717, 1.165) is 4.90 Å². The molecule has 0 aliphatic rings. The largest absolute Gasteiger partial charge is 0.303 e. The molecule has 0 aliphatic heterocycles. The Kier molecular flexibility index (Phi) is 4.10. The SMILES string of the molecule is CC(=O)N(C)C(=O)CCC=O. The third-order valence-electron chi connectivity index (χ3n) is 1.32. The van der Waals surface area contributed by atoms with E-state index in [1.165, 1.54) is 14.0 Å². The molecule has 0 radical (unpaired) electrons. The van der Waals surface area contributed by atoms with E-state index in [4.69, 9.17) is 0 Å². The lowest BCUT2D eigenvalue weighted by Gasteiger charge is -2.10. The Morgan fingerprint density at radius 1 is 1.45 bits per heavy atom.